The number of methoxy groups -OCH3 is 1. The van der Waals surface area contributed by atoms with Gasteiger partial charge in [-0.1, -0.05) is 109 Å². The van der Waals surface area contributed by atoms with Crippen molar-refractivity contribution in [1.29, 1.82) is 0 Å². The van der Waals surface area contributed by atoms with Crippen molar-refractivity contribution in [2.75, 3.05) is 7.11 Å². The molecule has 0 unspecified atom stereocenters. The van der Waals surface area contributed by atoms with Crippen LogP contribution in [0.2, 0.25) is 0 Å². The van der Waals surface area contributed by atoms with Crippen LogP contribution in [0.3, 0.4) is 0 Å². The Kier molecular flexibility index (Phi) is 6.67. The molecule has 2 nitrogen and oxygen atoms in total. The smallest absolute Gasteiger partial charge is 0.286 e. The molecule has 32 heavy (non-hydrogen) atoms. The van der Waals surface area contributed by atoms with Crippen LogP contribution in [0.1, 0.15) is 11.1 Å². The van der Waals surface area contributed by atoms with Gasteiger partial charge in [0.05, 0.1) is 7.11 Å². The summed E-state index contributed by atoms with van der Waals surface area (Å²) in [6.07, 6.45) is 3.76. The summed E-state index contributed by atoms with van der Waals surface area (Å²) in [5, 5.41) is 2.76. The number of allylic oxidation sites excluding steroid dienone is 1. The maximum absolute atomic E-state index is 12.2. The van der Waals surface area contributed by atoms with Crippen LogP contribution in [0.4, 0.5) is 0 Å². The molecule has 0 spiro atoms. The van der Waals surface area contributed by atoms with Gasteiger partial charge in [0, 0.05) is 11.1 Å². The summed E-state index contributed by atoms with van der Waals surface area (Å²) in [6.45, 7) is 0. The minimum atomic E-state index is -3.21. The highest BCUT2D eigenvalue weighted by Crippen LogP contribution is 2.18. The summed E-state index contributed by atoms with van der Waals surface area (Å²) in [7, 11) is -1.55. The number of hydrogen-bond donors (Lipinski definition) is 1. The number of hydrogen-bond acceptors (Lipinski definition) is 2. The second-order valence-corrected chi connectivity index (χ2v) is 10.4. The second kappa shape index (κ2) is 9.98. The predicted molar refractivity (Wildman–Crippen MR) is 135 cm³/mol. The van der Waals surface area contributed by atoms with Crippen LogP contribution < -0.4 is 20.3 Å². The van der Waals surface area contributed by atoms with Gasteiger partial charge in [-0.25, -0.2) is 0 Å². The van der Waals surface area contributed by atoms with Crippen LogP contribution in [0, 0.1) is 11.8 Å². The van der Waals surface area contributed by atoms with E-state index < -0.39 is 8.32 Å². The molecule has 156 valence electrons. The summed E-state index contributed by atoms with van der Waals surface area (Å²) in [5.74, 6) is 7.21. The van der Waals surface area contributed by atoms with Crippen LogP contribution in [-0.4, -0.2) is 20.2 Å². The first-order valence-corrected chi connectivity index (χ1v) is 12.4. The van der Waals surface area contributed by atoms with Gasteiger partial charge in [-0.3, -0.25) is 0 Å². The number of ether oxygens (including phenoxy) is 1. The molecule has 0 saturated heterocycles. The fourth-order valence-electron chi connectivity index (χ4n) is 3.80. The van der Waals surface area contributed by atoms with Crippen molar-refractivity contribution < 1.29 is 9.53 Å². The monoisotopic (exact) mass is 432 g/mol. The van der Waals surface area contributed by atoms with E-state index in [4.69, 9.17) is 4.74 Å². The van der Waals surface area contributed by atoms with Crippen LogP contribution in [-0.2, 0) is 0 Å². The minimum absolute atomic E-state index is 0.806. The molecule has 0 aliphatic heterocycles. The van der Waals surface area contributed by atoms with Crippen LogP contribution >= 0.6 is 0 Å². The molecule has 0 saturated carbocycles. The zero-order chi connectivity index (χ0) is 22.2. The van der Waals surface area contributed by atoms with Gasteiger partial charge >= 0.3 is 0 Å². The molecule has 3 heteroatoms. The van der Waals surface area contributed by atoms with Crippen molar-refractivity contribution in [2.45, 2.75) is 0 Å². The average molecular weight is 433 g/mol. The SMILES string of the molecule is COc1ccccc1/C=C/C#Cc1ccccc1[Si](O)(c1ccccc1)c1ccccc1. The summed E-state index contributed by atoms with van der Waals surface area (Å²) in [4.78, 5) is 12.2. The third kappa shape index (κ3) is 4.43. The third-order valence-corrected chi connectivity index (χ3v) is 8.95. The Labute approximate surface area is 190 Å². The molecular weight excluding hydrogens is 408 g/mol. The molecule has 4 rings (SSSR count). The maximum Gasteiger partial charge on any atom is 0.286 e. The van der Waals surface area contributed by atoms with Gasteiger partial charge in [0.1, 0.15) is 5.75 Å². The Bertz CT molecular complexity index is 1230. The first-order valence-electron chi connectivity index (χ1n) is 10.5. The molecule has 4 aromatic carbocycles. The standard InChI is InChI=1S/C29H24O2Si/c1-31-28-22-12-10-15-24(28)14-8-9-16-25-17-11-13-23-29(25)32(30,26-18-4-2-5-19-26)27-20-6-3-7-21-27/h2-8,10-15,17-23,30H,1H3/b14-8+. The molecule has 0 bridgehead atoms. The Morgan fingerprint density at radius 2 is 1.28 bits per heavy atom. The Morgan fingerprint density at radius 3 is 1.94 bits per heavy atom. The highest BCUT2D eigenvalue weighted by Gasteiger charge is 2.39. The van der Waals surface area contributed by atoms with Gasteiger partial charge in [-0.05, 0) is 39.8 Å². The van der Waals surface area contributed by atoms with E-state index in [-0.39, 0.29) is 0 Å². The number of benzene rings is 4. The average Bonchev–Trinajstić information content (AvgIpc) is 2.87. The molecule has 0 heterocycles. The minimum Gasteiger partial charge on any atom is -0.496 e. The zero-order valence-electron chi connectivity index (χ0n) is 17.9. The molecule has 0 aliphatic rings. The zero-order valence-corrected chi connectivity index (χ0v) is 18.9. The van der Waals surface area contributed by atoms with Gasteiger partial charge < -0.3 is 9.53 Å². The largest absolute Gasteiger partial charge is 0.496 e. The summed E-state index contributed by atoms with van der Waals surface area (Å²) >= 11 is 0. The highest BCUT2D eigenvalue weighted by atomic mass is 28.4. The Morgan fingerprint density at radius 1 is 0.719 bits per heavy atom. The first-order chi connectivity index (χ1) is 15.7. The van der Waals surface area contributed by atoms with Gasteiger partial charge in [0.2, 0.25) is 0 Å². The quantitative estimate of drug-likeness (QED) is 0.296. The van der Waals surface area contributed by atoms with E-state index in [1.807, 2.05) is 121 Å². The first kappa shape index (κ1) is 21.4. The van der Waals surface area contributed by atoms with Crippen molar-refractivity contribution in [2.24, 2.45) is 0 Å². The lowest BCUT2D eigenvalue weighted by atomic mass is 10.2. The second-order valence-electron chi connectivity index (χ2n) is 7.33. The van der Waals surface area contributed by atoms with Gasteiger partial charge in [-0.15, -0.1) is 0 Å². The van der Waals surface area contributed by atoms with E-state index in [1.165, 1.54) is 0 Å². The molecule has 0 aromatic heterocycles. The van der Waals surface area contributed by atoms with Crippen LogP contribution in [0.25, 0.3) is 6.08 Å². The predicted octanol–water partition coefficient (Wildman–Crippen LogP) is 3.72. The fraction of sp³-hybridized carbons (Fsp3) is 0.0345. The van der Waals surface area contributed by atoms with Gasteiger partial charge in [0.15, 0.2) is 0 Å². The molecule has 0 aliphatic carbocycles. The number of para-hydroxylation sites is 1. The van der Waals surface area contributed by atoms with E-state index in [9.17, 15) is 4.80 Å². The Balaban J connectivity index is 1.77. The van der Waals surface area contributed by atoms with Crippen molar-refractivity contribution in [3.63, 3.8) is 0 Å². The van der Waals surface area contributed by atoms with E-state index in [0.29, 0.717) is 0 Å². The molecule has 1 N–H and O–H groups in total. The van der Waals surface area contributed by atoms with Gasteiger partial charge in [-0.2, -0.15) is 0 Å². The Hall–Kier alpha value is -3.84. The normalized spacial score (nSPS) is 11.1. The van der Waals surface area contributed by atoms with E-state index in [2.05, 4.69) is 11.8 Å². The van der Waals surface area contributed by atoms with Crippen molar-refractivity contribution in [3.8, 4) is 17.6 Å². The summed E-state index contributed by atoms with van der Waals surface area (Å²) in [6, 6.07) is 35.6. The van der Waals surface area contributed by atoms with E-state index in [0.717, 1.165) is 32.4 Å². The lowest BCUT2D eigenvalue weighted by Gasteiger charge is -2.28. The van der Waals surface area contributed by atoms with Gasteiger partial charge in [0.25, 0.3) is 8.32 Å². The molecule has 0 fully saturated rings. The van der Waals surface area contributed by atoms with Crippen LogP contribution in [0.5, 0.6) is 5.75 Å². The maximum atomic E-state index is 12.2. The molecular formula is C29H24O2Si. The topological polar surface area (TPSA) is 29.5 Å². The molecule has 0 radical (unpaired) electrons. The molecule has 0 atom stereocenters. The summed E-state index contributed by atoms with van der Waals surface area (Å²) < 4.78 is 5.40. The van der Waals surface area contributed by atoms with Crippen molar-refractivity contribution in [3.05, 3.63) is 126 Å². The number of rotatable bonds is 5. The molecule has 4 aromatic rings. The van der Waals surface area contributed by atoms with Crippen LogP contribution in [0.15, 0.2) is 115 Å². The lowest BCUT2D eigenvalue weighted by Crippen LogP contribution is -2.68. The summed E-state index contributed by atoms with van der Waals surface area (Å²) in [5.41, 5.74) is 1.80. The highest BCUT2D eigenvalue weighted by molar-refractivity contribution is 7.06. The van der Waals surface area contributed by atoms with E-state index >= 15 is 0 Å². The molecule has 0 amide bonds. The lowest BCUT2D eigenvalue weighted by molar-refractivity contribution is 0.414. The van der Waals surface area contributed by atoms with Crippen molar-refractivity contribution >= 4 is 30.0 Å². The van der Waals surface area contributed by atoms with Crippen molar-refractivity contribution in [1.82, 2.24) is 0 Å². The third-order valence-electron chi connectivity index (χ3n) is 5.39. The fourth-order valence-corrected chi connectivity index (χ4v) is 6.98. The van der Waals surface area contributed by atoms with E-state index in [1.54, 1.807) is 7.11 Å².